The first-order chi connectivity index (χ1) is 11.3. The number of carbonyl (C=O) groups excluding carboxylic acids is 2. The largest absolute Gasteiger partial charge is 0.505 e. The molecule has 0 radical (unpaired) electrons. The molecule has 0 aliphatic carbocycles. The highest BCUT2D eigenvalue weighted by Gasteiger charge is 2.22. The second-order valence-corrected chi connectivity index (χ2v) is 6.51. The highest BCUT2D eigenvalue weighted by Crippen LogP contribution is 2.38. The minimum Gasteiger partial charge on any atom is -0.505 e. The first kappa shape index (κ1) is 18.8. The summed E-state index contributed by atoms with van der Waals surface area (Å²) < 4.78 is 4.82. The van der Waals surface area contributed by atoms with E-state index in [4.69, 9.17) is 39.5 Å². The fourth-order valence-electron chi connectivity index (χ4n) is 1.76. The van der Waals surface area contributed by atoms with E-state index in [-0.39, 0.29) is 38.8 Å². The van der Waals surface area contributed by atoms with E-state index < -0.39 is 17.6 Å². The summed E-state index contributed by atoms with van der Waals surface area (Å²) in [6, 6.07) is 1.23. The van der Waals surface area contributed by atoms with Crippen LogP contribution in [0, 0.1) is 0 Å². The molecule has 1 heterocycles. The van der Waals surface area contributed by atoms with Crippen molar-refractivity contribution >= 4 is 63.1 Å². The summed E-state index contributed by atoms with van der Waals surface area (Å²) in [5.74, 6) is -1.62. The van der Waals surface area contributed by atoms with Gasteiger partial charge < -0.3 is 9.84 Å². The van der Waals surface area contributed by atoms with Gasteiger partial charge in [0.15, 0.2) is 5.13 Å². The molecule has 128 valence electrons. The van der Waals surface area contributed by atoms with Crippen LogP contribution in [0.5, 0.6) is 5.75 Å². The quantitative estimate of drug-likeness (QED) is 0.571. The normalized spacial score (nSPS) is 10.5. The molecule has 0 aliphatic rings. The van der Waals surface area contributed by atoms with E-state index in [0.717, 1.165) is 11.3 Å². The van der Waals surface area contributed by atoms with Gasteiger partial charge in [-0.2, -0.15) is 0 Å². The van der Waals surface area contributed by atoms with Gasteiger partial charge in [0.2, 0.25) is 0 Å². The lowest BCUT2D eigenvalue weighted by Gasteiger charge is -2.09. The van der Waals surface area contributed by atoms with Crippen LogP contribution in [-0.4, -0.2) is 28.6 Å². The van der Waals surface area contributed by atoms with Gasteiger partial charge in [-0.3, -0.25) is 14.9 Å². The maximum atomic E-state index is 12.3. The van der Waals surface area contributed by atoms with Gasteiger partial charge in [-0.05, 0) is 13.0 Å². The molecule has 2 N–H and O–H groups in total. The molecule has 2 rings (SSSR count). The van der Waals surface area contributed by atoms with Crippen molar-refractivity contribution in [2.45, 2.75) is 13.3 Å². The van der Waals surface area contributed by atoms with Crippen LogP contribution in [0.4, 0.5) is 5.13 Å². The number of phenolic OH excluding ortho intramolecular Hbond substituents is 1. The van der Waals surface area contributed by atoms with E-state index in [1.165, 1.54) is 6.07 Å². The van der Waals surface area contributed by atoms with Crippen molar-refractivity contribution in [3.63, 3.8) is 0 Å². The molecule has 0 atom stereocenters. The number of halogens is 3. The van der Waals surface area contributed by atoms with Crippen LogP contribution in [0.3, 0.4) is 0 Å². The number of ether oxygens (including phenoxy) is 1. The standard InChI is InChI=1S/C14H11Cl3N2O4S/c1-2-23-9(20)3-6-5-24-14(18-6)19-13(22)10-11(17)7(15)4-8(16)12(10)21/h4-5,21H,2-3H2,1H3,(H,18,19,22). The summed E-state index contributed by atoms with van der Waals surface area (Å²) in [5.41, 5.74) is 0.199. The van der Waals surface area contributed by atoms with Gasteiger partial charge in [-0.15, -0.1) is 11.3 Å². The number of anilines is 1. The predicted molar refractivity (Wildman–Crippen MR) is 93.5 cm³/mol. The van der Waals surface area contributed by atoms with E-state index in [0.29, 0.717) is 5.69 Å². The Morgan fingerprint density at radius 2 is 2.04 bits per heavy atom. The number of aromatic hydroxyl groups is 1. The van der Waals surface area contributed by atoms with Gasteiger partial charge >= 0.3 is 5.97 Å². The molecular formula is C14H11Cl3N2O4S. The Morgan fingerprint density at radius 1 is 1.33 bits per heavy atom. The molecule has 1 aromatic carbocycles. The zero-order chi connectivity index (χ0) is 17.9. The lowest BCUT2D eigenvalue weighted by Crippen LogP contribution is -2.13. The van der Waals surface area contributed by atoms with Crippen LogP contribution in [0.25, 0.3) is 0 Å². The second-order valence-electron chi connectivity index (χ2n) is 4.46. The molecule has 1 amide bonds. The Morgan fingerprint density at radius 3 is 2.71 bits per heavy atom. The SMILES string of the molecule is CCOC(=O)Cc1csc(NC(=O)c2c(O)c(Cl)cc(Cl)c2Cl)n1. The topological polar surface area (TPSA) is 88.5 Å². The number of amides is 1. The van der Waals surface area contributed by atoms with Gasteiger partial charge in [-0.25, -0.2) is 4.98 Å². The third kappa shape index (κ3) is 4.30. The van der Waals surface area contributed by atoms with Crippen LogP contribution in [0.15, 0.2) is 11.4 Å². The average Bonchev–Trinajstić information content (AvgIpc) is 2.92. The van der Waals surface area contributed by atoms with E-state index in [1.807, 2.05) is 0 Å². The molecule has 6 nitrogen and oxygen atoms in total. The van der Waals surface area contributed by atoms with Gasteiger partial charge in [0, 0.05) is 5.38 Å². The lowest BCUT2D eigenvalue weighted by molar-refractivity contribution is -0.142. The molecule has 0 saturated carbocycles. The van der Waals surface area contributed by atoms with Gasteiger partial charge in [-0.1, -0.05) is 34.8 Å². The Kier molecular flexibility index (Phi) is 6.28. The summed E-state index contributed by atoms with van der Waals surface area (Å²) in [4.78, 5) is 27.8. The number of hydrogen-bond donors (Lipinski definition) is 2. The van der Waals surface area contributed by atoms with Gasteiger partial charge in [0.05, 0.1) is 33.8 Å². The summed E-state index contributed by atoms with van der Waals surface area (Å²) in [5, 5.41) is 14.0. The maximum absolute atomic E-state index is 12.3. The van der Waals surface area contributed by atoms with Crippen molar-refractivity contribution in [2.75, 3.05) is 11.9 Å². The van der Waals surface area contributed by atoms with Crippen LogP contribution in [0.1, 0.15) is 23.0 Å². The minimum absolute atomic E-state index is 0.00475. The van der Waals surface area contributed by atoms with Crippen LogP contribution in [-0.2, 0) is 16.0 Å². The number of phenols is 1. The molecule has 2 aromatic rings. The summed E-state index contributed by atoms with van der Waals surface area (Å²) in [6.45, 7) is 1.98. The fourth-order valence-corrected chi connectivity index (χ4v) is 3.16. The number of hydrogen-bond acceptors (Lipinski definition) is 6. The zero-order valence-corrected chi connectivity index (χ0v) is 15.3. The Balaban J connectivity index is 2.17. The Hall–Kier alpha value is -1.54. The number of aromatic nitrogens is 1. The molecule has 0 unspecified atom stereocenters. The summed E-state index contributed by atoms with van der Waals surface area (Å²) >= 11 is 18.7. The monoisotopic (exact) mass is 408 g/mol. The van der Waals surface area contributed by atoms with Crippen LogP contribution in [0.2, 0.25) is 15.1 Å². The fraction of sp³-hybridized carbons (Fsp3) is 0.214. The molecule has 0 aliphatic heterocycles. The van der Waals surface area contributed by atoms with Crippen molar-refractivity contribution < 1.29 is 19.4 Å². The summed E-state index contributed by atoms with van der Waals surface area (Å²) in [6.07, 6.45) is -0.00475. The molecule has 10 heteroatoms. The third-order valence-electron chi connectivity index (χ3n) is 2.78. The van der Waals surface area contributed by atoms with Crippen molar-refractivity contribution in [3.8, 4) is 5.75 Å². The Bertz CT molecular complexity index is 768. The van der Waals surface area contributed by atoms with Gasteiger partial charge in [0.25, 0.3) is 5.91 Å². The lowest BCUT2D eigenvalue weighted by atomic mass is 10.2. The molecule has 1 aromatic heterocycles. The van der Waals surface area contributed by atoms with Crippen LogP contribution >= 0.6 is 46.1 Å². The van der Waals surface area contributed by atoms with Crippen LogP contribution < -0.4 is 5.32 Å². The highest BCUT2D eigenvalue weighted by atomic mass is 35.5. The number of carbonyl (C=O) groups is 2. The molecule has 0 fully saturated rings. The minimum atomic E-state index is -0.723. The van der Waals surface area contributed by atoms with Crippen molar-refractivity contribution in [1.82, 2.24) is 4.98 Å². The maximum Gasteiger partial charge on any atom is 0.311 e. The number of esters is 1. The van der Waals surface area contributed by atoms with E-state index in [9.17, 15) is 14.7 Å². The third-order valence-corrected chi connectivity index (χ3v) is 4.66. The molecule has 24 heavy (non-hydrogen) atoms. The second kappa shape index (κ2) is 8.02. The molecule has 0 saturated heterocycles. The number of thiazole rings is 1. The predicted octanol–water partition coefficient (Wildman–Crippen LogP) is 4.17. The van der Waals surface area contributed by atoms with Gasteiger partial charge in [0.1, 0.15) is 11.3 Å². The first-order valence-corrected chi connectivity index (χ1v) is 8.62. The number of rotatable bonds is 5. The summed E-state index contributed by atoms with van der Waals surface area (Å²) in [7, 11) is 0. The molecular weight excluding hydrogens is 399 g/mol. The average molecular weight is 410 g/mol. The molecule has 0 spiro atoms. The first-order valence-electron chi connectivity index (χ1n) is 6.61. The number of nitrogens with zero attached hydrogens (tertiary/aromatic N) is 1. The molecule has 0 bridgehead atoms. The number of nitrogens with one attached hydrogen (secondary N) is 1. The zero-order valence-electron chi connectivity index (χ0n) is 12.2. The van der Waals surface area contributed by atoms with Crippen molar-refractivity contribution in [2.24, 2.45) is 0 Å². The van der Waals surface area contributed by atoms with Crippen molar-refractivity contribution in [1.29, 1.82) is 0 Å². The highest BCUT2D eigenvalue weighted by molar-refractivity contribution is 7.14. The van der Waals surface area contributed by atoms with Crippen molar-refractivity contribution in [3.05, 3.63) is 37.8 Å². The smallest absolute Gasteiger partial charge is 0.311 e. The van der Waals surface area contributed by atoms with E-state index >= 15 is 0 Å². The Labute approximate surface area is 156 Å². The number of benzene rings is 1. The van der Waals surface area contributed by atoms with E-state index in [2.05, 4.69) is 10.3 Å². The van der Waals surface area contributed by atoms with E-state index in [1.54, 1.807) is 12.3 Å².